The first-order valence-corrected chi connectivity index (χ1v) is 10.8. The van der Waals surface area contributed by atoms with Crippen LogP contribution < -0.4 is 5.32 Å². The molecule has 2 heterocycles. The molecule has 0 saturated heterocycles. The van der Waals surface area contributed by atoms with Gasteiger partial charge in [0.2, 0.25) is 5.91 Å². The van der Waals surface area contributed by atoms with Crippen molar-refractivity contribution in [3.05, 3.63) is 41.2 Å². The van der Waals surface area contributed by atoms with Crippen molar-refractivity contribution in [2.24, 2.45) is 14.1 Å². The molecule has 0 aliphatic rings. The van der Waals surface area contributed by atoms with Gasteiger partial charge in [0, 0.05) is 19.7 Å². The Labute approximate surface area is 182 Å². The Hall–Kier alpha value is -2.61. The van der Waals surface area contributed by atoms with Gasteiger partial charge in [0.25, 0.3) is 0 Å². The van der Waals surface area contributed by atoms with Crippen LogP contribution >= 0.6 is 11.8 Å². The van der Waals surface area contributed by atoms with E-state index >= 15 is 0 Å². The minimum Gasteiger partial charge on any atom is -0.322 e. The first kappa shape index (κ1) is 22.1. The molecule has 1 N–H and O–H groups in total. The number of amides is 1. The van der Waals surface area contributed by atoms with E-state index in [0.717, 1.165) is 28.5 Å². The molecule has 0 aliphatic carbocycles. The number of carbonyl (C=O) groups excluding carboxylic acids is 1. The number of benzene rings is 1. The summed E-state index contributed by atoms with van der Waals surface area (Å²) in [7, 11) is 3.79. The van der Waals surface area contributed by atoms with Crippen molar-refractivity contribution in [2.75, 3.05) is 5.32 Å². The number of carbonyl (C=O) groups is 1. The number of hydrogen-bond donors (Lipinski definition) is 1. The number of rotatable bonds is 5. The third kappa shape index (κ3) is 4.43. The quantitative estimate of drug-likeness (QED) is 0.617. The van der Waals surface area contributed by atoms with Crippen LogP contribution in [0.4, 0.5) is 5.69 Å². The number of nitrogens with one attached hydrogen (secondary N) is 1. The topological polar surface area (TPSA) is 77.6 Å². The molecule has 0 bridgehead atoms. The van der Waals surface area contributed by atoms with E-state index in [1.54, 1.807) is 4.68 Å². The summed E-state index contributed by atoms with van der Waals surface area (Å²) in [5.41, 5.74) is 4.89. The Kier molecular flexibility index (Phi) is 6.08. The summed E-state index contributed by atoms with van der Waals surface area (Å²) < 4.78 is 3.70. The fourth-order valence-corrected chi connectivity index (χ4v) is 3.99. The molecule has 3 aromatic rings. The van der Waals surface area contributed by atoms with Crippen LogP contribution in [-0.4, -0.2) is 35.7 Å². The molecule has 3 rings (SSSR count). The summed E-state index contributed by atoms with van der Waals surface area (Å²) in [6.45, 7) is 12.3. The Morgan fingerprint density at radius 2 is 1.73 bits per heavy atom. The summed E-state index contributed by atoms with van der Waals surface area (Å²) in [5.74, 6) is 0.697. The lowest BCUT2D eigenvalue weighted by Gasteiger charge is -2.19. The van der Waals surface area contributed by atoms with E-state index in [1.807, 2.05) is 39.4 Å². The van der Waals surface area contributed by atoms with Crippen LogP contribution in [0.2, 0.25) is 0 Å². The van der Waals surface area contributed by atoms with Crippen LogP contribution in [0.5, 0.6) is 0 Å². The van der Waals surface area contributed by atoms with Crippen molar-refractivity contribution < 1.29 is 4.79 Å². The molecule has 1 atom stereocenters. The molecule has 160 valence electrons. The Morgan fingerprint density at radius 1 is 1.10 bits per heavy atom. The molecular weight excluding hydrogens is 396 g/mol. The van der Waals surface area contributed by atoms with E-state index in [0.29, 0.717) is 5.16 Å². The van der Waals surface area contributed by atoms with Crippen molar-refractivity contribution in [2.45, 2.75) is 57.4 Å². The molecule has 8 heteroatoms. The third-order valence-corrected chi connectivity index (χ3v) is 6.39. The molecule has 0 unspecified atom stereocenters. The van der Waals surface area contributed by atoms with Crippen molar-refractivity contribution >= 4 is 23.4 Å². The summed E-state index contributed by atoms with van der Waals surface area (Å²) in [6.07, 6.45) is 0. The van der Waals surface area contributed by atoms with Gasteiger partial charge in [-0.25, -0.2) is 0 Å². The Morgan fingerprint density at radius 3 is 2.27 bits per heavy atom. The van der Waals surface area contributed by atoms with Crippen molar-refractivity contribution in [1.82, 2.24) is 24.5 Å². The number of aromatic nitrogens is 5. The lowest BCUT2D eigenvalue weighted by Crippen LogP contribution is -2.23. The average Bonchev–Trinajstić information content (AvgIpc) is 3.15. The van der Waals surface area contributed by atoms with Crippen molar-refractivity contribution in [3.63, 3.8) is 0 Å². The van der Waals surface area contributed by atoms with E-state index in [4.69, 9.17) is 0 Å². The maximum Gasteiger partial charge on any atom is 0.237 e. The minimum absolute atomic E-state index is 0.0849. The van der Waals surface area contributed by atoms with Gasteiger partial charge < -0.3 is 9.88 Å². The second-order valence-electron chi connectivity index (χ2n) is 8.61. The van der Waals surface area contributed by atoms with Crippen LogP contribution in [-0.2, 0) is 24.3 Å². The first-order valence-electron chi connectivity index (χ1n) is 9.97. The van der Waals surface area contributed by atoms with Gasteiger partial charge in [0.15, 0.2) is 11.0 Å². The van der Waals surface area contributed by atoms with Crippen LogP contribution in [0.15, 0.2) is 29.4 Å². The van der Waals surface area contributed by atoms with Crippen molar-refractivity contribution in [3.8, 4) is 11.4 Å². The molecule has 1 aromatic carbocycles. The zero-order valence-corrected chi connectivity index (χ0v) is 19.8. The van der Waals surface area contributed by atoms with Gasteiger partial charge in [-0.15, -0.1) is 10.2 Å². The number of aryl methyl sites for hydroxylation is 2. The molecule has 2 aromatic heterocycles. The smallest absolute Gasteiger partial charge is 0.237 e. The van der Waals surface area contributed by atoms with Gasteiger partial charge in [-0.2, -0.15) is 5.10 Å². The maximum absolute atomic E-state index is 12.7. The Bertz CT molecular complexity index is 1060. The lowest BCUT2D eigenvalue weighted by atomic mass is 9.87. The van der Waals surface area contributed by atoms with Gasteiger partial charge >= 0.3 is 0 Å². The van der Waals surface area contributed by atoms with Crippen LogP contribution in [0.25, 0.3) is 11.4 Å². The van der Waals surface area contributed by atoms with Gasteiger partial charge in [0.1, 0.15) is 0 Å². The SMILES string of the molecule is Cc1nn(C)c(C)c1NC(=O)[C@@H](C)Sc1nnc(-c2ccc(C(C)(C)C)cc2)n1C. The van der Waals surface area contributed by atoms with Gasteiger partial charge in [-0.3, -0.25) is 9.48 Å². The predicted molar refractivity (Wildman–Crippen MR) is 122 cm³/mol. The van der Waals surface area contributed by atoms with E-state index in [2.05, 4.69) is 65.6 Å². The second kappa shape index (κ2) is 8.26. The normalized spacial score (nSPS) is 12.8. The van der Waals surface area contributed by atoms with E-state index in [-0.39, 0.29) is 16.6 Å². The van der Waals surface area contributed by atoms with Gasteiger partial charge in [-0.1, -0.05) is 56.8 Å². The summed E-state index contributed by atoms with van der Waals surface area (Å²) in [4.78, 5) is 12.7. The fourth-order valence-electron chi connectivity index (χ4n) is 3.18. The largest absolute Gasteiger partial charge is 0.322 e. The highest BCUT2D eigenvalue weighted by Crippen LogP contribution is 2.29. The Balaban J connectivity index is 1.73. The monoisotopic (exact) mass is 426 g/mol. The zero-order valence-electron chi connectivity index (χ0n) is 18.9. The molecule has 0 aliphatic heterocycles. The number of anilines is 1. The van der Waals surface area contributed by atoms with E-state index in [1.165, 1.54) is 17.3 Å². The fraction of sp³-hybridized carbons (Fsp3) is 0.455. The average molecular weight is 427 g/mol. The number of nitrogens with zero attached hydrogens (tertiary/aromatic N) is 5. The number of hydrogen-bond acceptors (Lipinski definition) is 5. The lowest BCUT2D eigenvalue weighted by molar-refractivity contribution is -0.115. The van der Waals surface area contributed by atoms with Crippen LogP contribution in [0.3, 0.4) is 0 Å². The number of thioether (sulfide) groups is 1. The highest BCUT2D eigenvalue weighted by Gasteiger charge is 2.22. The highest BCUT2D eigenvalue weighted by molar-refractivity contribution is 8.00. The van der Waals surface area contributed by atoms with Crippen LogP contribution in [0, 0.1) is 13.8 Å². The first-order chi connectivity index (χ1) is 14.0. The molecule has 7 nitrogen and oxygen atoms in total. The van der Waals surface area contributed by atoms with E-state index in [9.17, 15) is 4.79 Å². The summed E-state index contributed by atoms with van der Waals surface area (Å²) in [5, 5.41) is 16.4. The molecule has 30 heavy (non-hydrogen) atoms. The minimum atomic E-state index is -0.331. The molecule has 0 radical (unpaired) electrons. The summed E-state index contributed by atoms with van der Waals surface area (Å²) >= 11 is 1.39. The third-order valence-electron chi connectivity index (χ3n) is 5.25. The molecule has 0 spiro atoms. The van der Waals surface area contributed by atoms with E-state index < -0.39 is 0 Å². The molecular formula is C22H30N6OS. The molecule has 0 fully saturated rings. The van der Waals surface area contributed by atoms with Crippen LogP contribution in [0.1, 0.15) is 44.6 Å². The molecule has 0 saturated carbocycles. The second-order valence-corrected chi connectivity index (χ2v) is 9.92. The summed E-state index contributed by atoms with van der Waals surface area (Å²) in [6, 6.07) is 8.41. The molecule has 1 amide bonds. The van der Waals surface area contributed by atoms with Crippen molar-refractivity contribution in [1.29, 1.82) is 0 Å². The van der Waals surface area contributed by atoms with Gasteiger partial charge in [-0.05, 0) is 31.7 Å². The highest BCUT2D eigenvalue weighted by atomic mass is 32.2. The van der Waals surface area contributed by atoms with Gasteiger partial charge in [0.05, 0.1) is 22.3 Å². The zero-order chi connectivity index (χ0) is 22.2. The maximum atomic E-state index is 12.7. The standard InChI is InChI=1S/C22H30N6OS/c1-13-18(14(2)28(8)26-13)23-20(29)15(3)30-21-25-24-19(27(21)7)16-9-11-17(12-10-16)22(4,5)6/h9-12,15H,1-8H3,(H,23,29)/t15-/m1/s1. The predicted octanol–water partition coefficient (Wildman–Crippen LogP) is 4.25.